The van der Waals surface area contributed by atoms with Crippen molar-refractivity contribution in [1.82, 2.24) is 0 Å². The second-order valence-electron chi connectivity index (χ2n) is 4.56. The van der Waals surface area contributed by atoms with Gasteiger partial charge in [0, 0.05) is 10.9 Å². The molecule has 0 bridgehead atoms. The van der Waals surface area contributed by atoms with Crippen LogP contribution in [0.3, 0.4) is 0 Å². The molecule has 1 unspecified atom stereocenters. The predicted octanol–water partition coefficient (Wildman–Crippen LogP) is 3.38. The van der Waals surface area contributed by atoms with Gasteiger partial charge >= 0.3 is 5.97 Å². The van der Waals surface area contributed by atoms with Crippen LogP contribution in [-0.4, -0.2) is 12.6 Å². The smallest absolute Gasteiger partial charge is 0.311 e. The van der Waals surface area contributed by atoms with Crippen LogP contribution in [0.1, 0.15) is 38.1 Å². The zero-order chi connectivity index (χ0) is 13.1. The van der Waals surface area contributed by atoms with Crippen LogP contribution in [0.2, 0.25) is 4.34 Å². The normalized spacial score (nSPS) is 13.5. The van der Waals surface area contributed by atoms with E-state index in [0.717, 1.165) is 4.88 Å². The van der Waals surface area contributed by atoms with Crippen molar-refractivity contribution in [1.29, 1.82) is 0 Å². The number of ether oxygens (including phenoxy) is 1. The SMILES string of the molecule is CCOC(=O)C(C)(C)CC(N)c1ccc(Cl)s1. The summed E-state index contributed by atoms with van der Waals surface area (Å²) < 4.78 is 5.74. The van der Waals surface area contributed by atoms with E-state index in [0.29, 0.717) is 17.4 Å². The number of hydrogen-bond acceptors (Lipinski definition) is 4. The molecule has 1 aromatic heterocycles. The highest BCUT2D eigenvalue weighted by molar-refractivity contribution is 7.16. The van der Waals surface area contributed by atoms with E-state index in [1.165, 1.54) is 11.3 Å². The van der Waals surface area contributed by atoms with Crippen molar-refractivity contribution in [3.05, 3.63) is 21.3 Å². The Balaban J connectivity index is 2.67. The van der Waals surface area contributed by atoms with E-state index >= 15 is 0 Å². The fourth-order valence-electron chi connectivity index (χ4n) is 1.59. The molecule has 0 aliphatic heterocycles. The number of rotatable bonds is 5. The van der Waals surface area contributed by atoms with Crippen LogP contribution in [0.4, 0.5) is 0 Å². The van der Waals surface area contributed by atoms with Crippen LogP contribution in [0.25, 0.3) is 0 Å². The molecule has 2 N–H and O–H groups in total. The molecule has 3 nitrogen and oxygen atoms in total. The molecule has 0 amide bonds. The minimum atomic E-state index is -0.577. The first kappa shape index (κ1) is 14.5. The molecule has 0 radical (unpaired) electrons. The highest BCUT2D eigenvalue weighted by Crippen LogP contribution is 2.34. The summed E-state index contributed by atoms with van der Waals surface area (Å²) in [7, 11) is 0. The molecule has 0 aromatic carbocycles. The number of nitrogens with two attached hydrogens (primary N) is 1. The standard InChI is InChI=1S/C12H18ClNO2S/c1-4-16-11(15)12(2,3)7-8(14)9-5-6-10(13)17-9/h5-6,8H,4,7,14H2,1-3H3. The first-order valence-corrected chi connectivity index (χ1v) is 6.74. The van der Waals surface area contributed by atoms with Crippen molar-refractivity contribution in [2.24, 2.45) is 11.1 Å². The Morgan fingerprint density at radius 3 is 2.71 bits per heavy atom. The molecule has 1 rings (SSSR count). The Morgan fingerprint density at radius 2 is 2.24 bits per heavy atom. The number of hydrogen-bond donors (Lipinski definition) is 1. The third-order valence-electron chi connectivity index (χ3n) is 2.52. The van der Waals surface area contributed by atoms with Crippen LogP contribution < -0.4 is 5.73 Å². The van der Waals surface area contributed by atoms with Gasteiger partial charge in [0.05, 0.1) is 16.4 Å². The molecule has 1 atom stereocenters. The summed E-state index contributed by atoms with van der Waals surface area (Å²) in [4.78, 5) is 12.7. The van der Waals surface area contributed by atoms with Gasteiger partial charge in [0.1, 0.15) is 0 Å². The van der Waals surface area contributed by atoms with Crippen molar-refractivity contribution >= 4 is 28.9 Å². The third-order valence-corrected chi connectivity index (χ3v) is 3.88. The number of thiophene rings is 1. The van der Waals surface area contributed by atoms with E-state index < -0.39 is 5.41 Å². The Bertz CT molecular complexity index is 390. The summed E-state index contributed by atoms with van der Waals surface area (Å²) in [6.07, 6.45) is 0.544. The van der Waals surface area contributed by atoms with E-state index in [1.807, 2.05) is 26.0 Å². The summed E-state index contributed by atoms with van der Waals surface area (Å²) in [5.41, 5.74) is 5.49. The lowest BCUT2D eigenvalue weighted by atomic mass is 9.85. The Kier molecular flexibility index (Phi) is 4.98. The van der Waals surface area contributed by atoms with E-state index in [9.17, 15) is 4.79 Å². The second-order valence-corrected chi connectivity index (χ2v) is 6.30. The van der Waals surface area contributed by atoms with Gasteiger partial charge in [-0.2, -0.15) is 0 Å². The minimum Gasteiger partial charge on any atom is -0.466 e. The van der Waals surface area contributed by atoms with E-state index in [1.54, 1.807) is 6.92 Å². The van der Waals surface area contributed by atoms with Crippen LogP contribution in [0.5, 0.6) is 0 Å². The molecule has 0 aliphatic carbocycles. The highest BCUT2D eigenvalue weighted by Gasteiger charge is 2.32. The second kappa shape index (κ2) is 5.85. The quantitative estimate of drug-likeness (QED) is 0.838. The summed E-state index contributed by atoms with van der Waals surface area (Å²) in [6.45, 7) is 5.88. The molecule has 0 fully saturated rings. The zero-order valence-corrected chi connectivity index (χ0v) is 11.9. The summed E-state index contributed by atoms with van der Waals surface area (Å²) in [6, 6.07) is 3.53. The average Bonchev–Trinajstić information content (AvgIpc) is 2.64. The number of halogens is 1. The fraction of sp³-hybridized carbons (Fsp3) is 0.583. The molecule has 0 aliphatic rings. The molecular formula is C12H18ClNO2S. The largest absolute Gasteiger partial charge is 0.466 e. The van der Waals surface area contributed by atoms with E-state index in [4.69, 9.17) is 22.1 Å². The Hall–Kier alpha value is -0.580. The van der Waals surface area contributed by atoms with Crippen LogP contribution >= 0.6 is 22.9 Å². The molecule has 96 valence electrons. The van der Waals surface area contributed by atoms with Gasteiger partial charge in [0.15, 0.2) is 0 Å². The zero-order valence-electron chi connectivity index (χ0n) is 10.3. The summed E-state index contributed by atoms with van der Waals surface area (Å²) in [5, 5.41) is 0. The first-order chi connectivity index (χ1) is 7.86. The molecule has 1 aromatic rings. The van der Waals surface area contributed by atoms with Crippen molar-refractivity contribution in [3.8, 4) is 0 Å². The molecule has 0 spiro atoms. The lowest BCUT2D eigenvalue weighted by Gasteiger charge is -2.25. The van der Waals surface area contributed by atoms with E-state index in [-0.39, 0.29) is 12.0 Å². The van der Waals surface area contributed by atoms with Crippen LogP contribution in [-0.2, 0) is 9.53 Å². The summed E-state index contributed by atoms with van der Waals surface area (Å²) in [5.74, 6) is -0.210. The topological polar surface area (TPSA) is 52.3 Å². The first-order valence-electron chi connectivity index (χ1n) is 5.55. The van der Waals surface area contributed by atoms with Gasteiger partial charge in [-0.05, 0) is 39.3 Å². The van der Waals surface area contributed by atoms with Crippen molar-refractivity contribution < 1.29 is 9.53 Å². The minimum absolute atomic E-state index is 0.188. The maximum Gasteiger partial charge on any atom is 0.311 e. The van der Waals surface area contributed by atoms with E-state index in [2.05, 4.69) is 0 Å². The molecule has 5 heteroatoms. The van der Waals surface area contributed by atoms with Crippen molar-refractivity contribution in [2.75, 3.05) is 6.61 Å². The molecule has 1 heterocycles. The van der Waals surface area contributed by atoms with Gasteiger partial charge in [0.25, 0.3) is 0 Å². The van der Waals surface area contributed by atoms with Gasteiger partial charge < -0.3 is 10.5 Å². The van der Waals surface area contributed by atoms with Gasteiger partial charge in [-0.15, -0.1) is 11.3 Å². The highest BCUT2D eigenvalue weighted by atomic mass is 35.5. The Labute approximate surface area is 111 Å². The van der Waals surface area contributed by atoms with Crippen LogP contribution in [0, 0.1) is 5.41 Å². The fourth-order valence-corrected chi connectivity index (χ4v) is 2.65. The monoisotopic (exact) mass is 275 g/mol. The molecule has 17 heavy (non-hydrogen) atoms. The van der Waals surface area contributed by atoms with Crippen molar-refractivity contribution in [2.45, 2.75) is 33.2 Å². The van der Waals surface area contributed by atoms with Crippen molar-refractivity contribution in [3.63, 3.8) is 0 Å². The van der Waals surface area contributed by atoms with Gasteiger partial charge in [0.2, 0.25) is 0 Å². The third kappa shape index (κ3) is 3.98. The predicted molar refractivity (Wildman–Crippen MR) is 71.3 cm³/mol. The summed E-state index contributed by atoms with van der Waals surface area (Å²) >= 11 is 7.31. The maximum absolute atomic E-state index is 11.7. The van der Waals surface area contributed by atoms with Gasteiger partial charge in [-0.25, -0.2) is 0 Å². The van der Waals surface area contributed by atoms with Gasteiger partial charge in [-0.3, -0.25) is 4.79 Å². The average molecular weight is 276 g/mol. The lowest BCUT2D eigenvalue weighted by Crippen LogP contribution is -2.30. The number of carbonyl (C=O) groups excluding carboxylic acids is 1. The lowest BCUT2D eigenvalue weighted by molar-refractivity contribution is -0.154. The van der Waals surface area contributed by atoms with Crippen LogP contribution in [0.15, 0.2) is 12.1 Å². The Morgan fingerprint density at radius 1 is 1.59 bits per heavy atom. The molecule has 0 saturated carbocycles. The maximum atomic E-state index is 11.7. The number of esters is 1. The van der Waals surface area contributed by atoms with Gasteiger partial charge in [-0.1, -0.05) is 11.6 Å². The number of carbonyl (C=O) groups is 1. The molecule has 0 saturated heterocycles. The molecular weight excluding hydrogens is 258 g/mol.